The molecule has 1 aromatic rings. The zero-order valence-electron chi connectivity index (χ0n) is 6.41. The van der Waals surface area contributed by atoms with E-state index in [1.54, 1.807) is 0 Å². The molecule has 3 heteroatoms. The highest BCUT2D eigenvalue weighted by Crippen LogP contribution is 2.30. The third kappa shape index (κ3) is 1.76. The van der Waals surface area contributed by atoms with Crippen LogP contribution in [-0.4, -0.2) is 7.05 Å². The predicted octanol–water partition coefficient (Wildman–Crippen LogP) is 3.56. The first-order valence-corrected chi connectivity index (χ1v) is 4.87. The van der Waals surface area contributed by atoms with E-state index < -0.39 is 0 Å². The van der Waals surface area contributed by atoms with Crippen LogP contribution in [0.5, 0.6) is 0 Å². The first kappa shape index (κ1) is 9.07. The van der Waals surface area contributed by atoms with Crippen LogP contribution in [0.2, 0.25) is 0 Å². The number of anilines is 1. The predicted molar refractivity (Wildman–Crippen MR) is 56.1 cm³/mol. The lowest BCUT2D eigenvalue weighted by Crippen LogP contribution is -1.91. The fourth-order valence-electron chi connectivity index (χ4n) is 0.923. The van der Waals surface area contributed by atoms with Gasteiger partial charge >= 0.3 is 0 Å². The van der Waals surface area contributed by atoms with Gasteiger partial charge in [-0.2, -0.15) is 0 Å². The molecule has 0 bridgehead atoms. The molecular formula is C8H9Br2N. The van der Waals surface area contributed by atoms with Crippen molar-refractivity contribution in [2.45, 2.75) is 6.92 Å². The lowest BCUT2D eigenvalue weighted by molar-refractivity contribution is 1.36. The summed E-state index contributed by atoms with van der Waals surface area (Å²) < 4.78 is 2.21. The largest absolute Gasteiger partial charge is 0.388 e. The van der Waals surface area contributed by atoms with Crippen molar-refractivity contribution < 1.29 is 0 Å². The van der Waals surface area contributed by atoms with Gasteiger partial charge in [0.05, 0.1) is 0 Å². The van der Waals surface area contributed by atoms with E-state index in [0.29, 0.717) is 0 Å². The van der Waals surface area contributed by atoms with Crippen molar-refractivity contribution in [3.8, 4) is 0 Å². The Morgan fingerprint density at radius 3 is 2.45 bits per heavy atom. The molecule has 0 aliphatic heterocycles. The van der Waals surface area contributed by atoms with E-state index in [2.05, 4.69) is 44.1 Å². The molecule has 11 heavy (non-hydrogen) atoms. The van der Waals surface area contributed by atoms with Crippen molar-refractivity contribution in [3.63, 3.8) is 0 Å². The molecule has 0 atom stereocenters. The fourth-order valence-corrected chi connectivity index (χ4v) is 1.70. The normalized spacial score (nSPS) is 9.82. The zero-order valence-corrected chi connectivity index (χ0v) is 9.58. The summed E-state index contributed by atoms with van der Waals surface area (Å²) in [6.07, 6.45) is 0. The van der Waals surface area contributed by atoms with Crippen LogP contribution in [0.1, 0.15) is 5.56 Å². The summed E-state index contributed by atoms with van der Waals surface area (Å²) in [5, 5.41) is 3.11. The van der Waals surface area contributed by atoms with Gasteiger partial charge in [0, 0.05) is 21.7 Å². The molecule has 0 spiro atoms. The first-order chi connectivity index (χ1) is 5.16. The second-order valence-electron chi connectivity index (χ2n) is 2.28. The van der Waals surface area contributed by atoms with Crippen LogP contribution in [0.3, 0.4) is 0 Å². The molecule has 0 saturated heterocycles. The number of hydrogen-bond acceptors (Lipinski definition) is 1. The summed E-state index contributed by atoms with van der Waals surface area (Å²) in [6, 6.07) is 4.06. The summed E-state index contributed by atoms with van der Waals surface area (Å²) in [5.41, 5.74) is 2.38. The van der Waals surface area contributed by atoms with Crippen LogP contribution in [0.15, 0.2) is 21.1 Å². The maximum absolute atomic E-state index is 3.48. The maximum atomic E-state index is 3.48. The molecule has 0 saturated carbocycles. The highest BCUT2D eigenvalue weighted by molar-refractivity contribution is 9.13. The van der Waals surface area contributed by atoms with Crippen LogP contribution < -0.4 is 5.32 Å². The Balaban J connectivity index is 3.25. The first-order valence-electron chi connectivity index (χ1n) is 3.29. The third-order valence-corrected chi connectivity index (χ3v) is 3.82. The van der Waals surface area contributed by atoms with E-state index in [0.717, 1.165) is 14.6 Å². The molecule has 60 valence electrons. The molecule has 0 aliphatic rings. The second kappa shape index (κ2) is 3.59. The Morgan fingerprint density at radius 2 is 1.91 bits per heavy atom. The summed E-state index contributed by atoms with van der Waals surface area (Å²) in [5.74, 6) is 0. The van der Waals surface area contributed by atoms with E-state index in [1.165, 1.54) is 5.56 Å². The van der Waals surface area contributed by atoms with E-state index in [4.69, 9.17) is 0 Å². The Labute approximate surface area is 83.4 Å². The molecule has 0 heterocycles. The summed E-state index contributed by atoms with van der Waals surface area (Å²) >= 11 is 6.92. The van der Waals surface area contributed by atoms with Gasteiger partial charge in [0.2, 0.25) is 0 Å². The van der Waals surface area contributed by atoms with Crippen molar-refractivity contribution >= 4 is 37.5 Å². The summed E-state index contributed by atoms with van der Waals surface area (Å²) in [4.78, 5) is 0. The van der Waals surface area contributed by atoms with Gasteiger partial charge in [-0.1, -0.05) is 0 Å². The molecule has 1 rings (SSSR count). The molecule has 0 unspecified atom stereocenters. The van der Waals surface area contributed by atoms with Crippen LogP contribution in [-0.2, 0) is 0 Å². The molecule has 0 radical (unpaired) electrons. The SMILES string of the molecule is CNc1ccc(Br)c(Br)c1C. The molecule has 0 aliphatic carbocycles. The molecule has 1 aromatic carbocycles. The number of halogens is 2. The van der Waals surface area contributed by atoms with E-state index in [1.807, 2.05) is 19.2 Å². The number of benzene rings is 1. The van der Waals surface area contributed by atoms with Crippen molar-refractivity contribution in [3.05, 3.63) is 26.6 Å². The molecule has 1 N–H and O–H groups in total. The van der Waals surface area contributed by atoms with Gasteiger partial charge in [-0.25, -0.2) is 0 Å². The van der Waals surface area contributed by atoms with Gasteiger partial charge in [0.25, 0.3) is 0 Å². The minimum Gasteiger partial charge on any atom is -0.388 e. The number of rotatable bonds is 1. The Hall–Kier alpha value is -0.0200. The lowest BCUT2D eigenvalue weighted by Gasteiger charge is -2.07. The molecule has 0 amide bonds. The van der Waals surface area contributed by atoms with Gasteiger partial charge in [-0.3, -0.25) is 0 Å². The van der Waals surface area contributed by atoms with Gasteiger partial charge < -0.3 is 5.32 Å². The molecular weight excluding hydrogens is 270 g/mol. The minimum absolute atomic E-state index is 1.09. The lowest BCUT2D eigenvalue weighted by atomic mass is 10.2. The maximum Gasteiger partial charge on any atom is 0.0379 e. The third-order valence-electron chi connectivity index (χ3n) is 1.61. The number of hydrogen-bond donors (Lipinski definition) is 1. The van der Waals surface area contributed by atoms with Gasteiger partial charge in [0.15, 0.2) is 0 Å². The quantitative estimate of drug-likeness (QED) is 0.828. The minimum atomic E-state index is 1.09. The highest BCUT2D eigenvalue weighted by Gasteiger charge is 2.03. The van der Waals surface area contributed by atoms with Crippen LogP contribution in [0.4, 0.5) is 5.69 Å². The van der Waals surface area contributed by atoms with E-state index in [9.17, 15) is 0 Å². The molecule has 0 fully saturated rings. The smallest absolute Gasteiger partial charge is 0.0379 e. The van der Waals surface area contributed by atoms with Gasteiger partial charge in [0.1, 0.15) is 0 Å². The fraction of sp³-hybridized carbons (Fsp3) is 0.250. The monoisotopic (exact) mass is 277 g/mol. The Morgan fingerprint density at radius 1 is 1.27 bits per heavy atom. The van der Waals surface area contributed by atoms with Crippen molar-refractivity contribution in [2.75, 3.05) is 12.4 Å². The zero-order chi connectivity index (χ0) is 8.43. The van der Waals surface area contributed by atoms with Crippen molar-refractivity contribution in [1.29, 1.82) is 0 Å². The van der Waals surface area contributed by atoms with E-state index >= 15 is 0 Å². The summed E-state index contributed by atoms with van der Waals surface area (Å²) in [6.45, 7) is 2.07. The average molecular weight is 279 g/mol. The Bertz CT molecular complexity index is 271. The standard InChI is InChI=1S/C8H9Br2N/c1-5-7(11-2)4-3-6(9)8(5)10/h3-4,11H,1-2H3. The van der Waals surface area contributed by atoms with Crippen LogP contribution in [0.25, 0.3) is 0 Å². The van der Waals surface area contributed by atoms with Gasteiger partial charge in [-0.15, -0.1) is 0 Å². The van der Waals surface area contributed by atoms with Gasteiger partial charge in [-0.05, 0) is 56.5 Å². The van der Waals surface area contributed by atoms with Crippen molar-refractivity contribution in [1.82, 2.24) is 0 Å². The summed E-state index contributed by atoms with van der Waals surface area (Å²) in [7, 11) is 1.92. The topological polar surface area (TPSA) is 12.0 Å². The van der Waals surface area contributed by atoms with Crippen LogP contribution >= 0.6 is 31.9 Å². The average Bonchev–Trinajstić information content (AvgIpc) is 2.01. The van der Waals surface area contributed by atoms with Crippen LogP contribution in [0, 0.1) is 6.92 Å². The van der Waals surface area contributed by atoms with E-state index in [-0.39, 0.29) is 0 Å². The molecule has 0 aromatic heterocycles. The number of nitrogens with one attached hydrogen (secondary N) is 1. The highest BCUT2D eigenvalue weighted by atomic mass is 79.9. The second-order valence-corrected chi connectivity index (χ2v) is 3.93. The Kier molecular flexibility index (Phi) is 2.96. The molecule has 1 nitrogen and oxygen atoms in total. The van der Waals surface area contributed by atoms with Crippen molar-refractivity contribution in [2.24, 2.45) is 0 Å².